The van der Waals surface area contributed by atoms with Gasteiger partial charge in [0.25, 0.3) is 0 Å². The average molecular weight is 1790 g/mol. The molecule has 0 aliphatic heterocycles. The summed E-state index contributed by atoms with van der Waals surface area (Å²) in [6.07, 6.45) is 9.42. The maximum Gasteiger partial charge on any atom is 0.338 e. The molecule has 0 radical (unpaired) electrons. The number of carbonyl (C=O) groups excluding carboxylic acids is 2. The number of hydrogen-bond acceptors (Lipinski definition) is 16. The Kier molecular flexibility index (Phi) is 36.7. The van der Waals surface area contributed by atoms with E-state index >= 15 is 0 Å². The molecular weight excluding hydrogens is 1680 g/mol. The van der Waals surface area contributed by atoms with Crippen LogP contribution in [0.1, 0.15) is 197 Å². The first-order valence-corrected chi connectivity index (χ1v) is 49.0. The van der Waals surface area contributed by atoms with Crippen molar-refractivity contribution in [3.8, 4) is 17.2 Å². The van der Waals surface area contributed by atoms with Gasteiger partial charge in [0.2, 0.25) is 0 Å². The van der Waals surface area contributed by atoms with Gasteiger partial charge in [-0.25, -0.2) is 34.8 Å². The van der Waals surface area contributed by atoms with Crippen LogP contribution in [0, 0.1) is 0 Å². The second kappa shape index (κ2) is 47.8. The van der Waals surface area contributed by atoms with Crippen molar-refractivity contribution in [1.82, 2.24) is 0 Å². The summed E-state index contributed by atoms with van der Waals surface area (Å²) in [5.74, 6) is 2.70. The highest BCUT2D eigenvalue weighted by Gasteiger charge is 2.36. The van der Waals surface area contributed by atoms with Gasteiger partial charge in [0.15, 0.2) is 29.4 Å². The van der Waals surface area contributed by atoms with Crippen molar-refractivity contribution < 1.29 is 72.2 Å². The average Bonchev–Trinajstić information content (AvgIpc) is 0.815. The summed E-state index contributed by atoms with van der Waals surface area (Å²) in [6.45, 7) is 18.3. The third kappa shape index (κ3) is 29.6. The Morgan fingerprint density at radius 3 is 0.841 bits per heavy atom. The van der Waals surface area contributed by atoms with Crippen molar-refractivity contribution in [3.63, 3.8) is 0 Å². The molecule has 1 fully saturated rings. The highest BCUT2D eigenvalue weighted by molar-refractivity contribution is 7.97. The summed E-state index contributed by atoms with van der Waals surface area (Å²) in [7, 11) is -13.7. The maximum atomic E-state index is 12.9. The molecule has 656 valence electrons. The van der Waals surface area contributed by atoms with Crippen LogP contribution in [0.3, 0.4) is 0 Å². The fraction of sp³-hybridized carbons (Fsp3) is 0.238. The third-order valence-corrected chi connectivity index (χ3v) is 28.9. The summed E-state index contributed by atoms with van der Waals surface area (Å²) in [6, 6.07) is 109. The van der Waals surface area contributed by atoms with Crippen LogP contribution in [0.4, 0.5) is 0 Å². The Hall–Kier alpha value is -11.4. The Bertz CT molecular complexity index is 5440. The molecule has 13 aromatic rings. The Labute approximate surface area is 750 Å². The fourth-order valence-corrected chi connectivity index (χ4v) is 19.2. The third-order valence-electron chi connectivity index (χ3n) is 21.9. The zero-order valence-electron chi connectivity index (χ0n) is 72.3. The molecule has 16 nitrogen and oxygen atoms in total. The quantitative estimate of drug-likeness (QED) is 0.0230. The van der Waals surface area contributed by atoms with Crippen LogP contribution in [-0.4, -0.2) is 56.5 Å². The number of benzene rings is 13. The van der Waals surface area contributed by atoms with E-state index in [0.717, 1.165) is 73.6 Å². The van der Waals surface area contributed by atoms with Crippen molar-refractivity contribution in [2.75, 3.05) is 0 Å². The van der Waals surface area contributed by atoms with Crippen molar-refractivity contribution in [2.45, 2.75) is 207 Å². The van der Waals surface area contributed by atoms with Crippen LogP contribution in [0.25, 0.3) is 0 Å². The first-order valence-electron chi connectivity index (χ1n) is 42.3. The van der Waals surface area contributed by atoms with E-state index in [9.17, 15) is 48.5 Å². The minimum Gasteiger partial charge on any atom is -0.744 e. The van der Waals surface area contributed by atoms with Gasteiger partial charge in [-0.1, -0.05) is 231 Å². The number of esters is 2. The van der Waals surface area contributed by atoms with Gasteiger partial charge in [-0.15, -0.1) is 0 Å². The lowest BCUT2D eigenvalue weighted by Crippen LogP contribution is -2.36. The lowest BCUT2D eigenvalue weighted by molar-refractivity contribution is -0.0398. The molecule has 126 heavy (non-hydrogen) atoms. The van der Waals surface area contributed by atoms with Gasteiger partial charge < -0.3 is 37.3 Å². The van der Waals surface area contributed by atoms with Crippen molar-refractivity contribution in [3.05, 3.63) is 396 Å². The van der Waals surface area contributed by atoms with Crippen LogP contribution < -0.4 is 14.2 Å². The molecule has 1 aliphatic rings. The number of ether oxygens (including phenoxy) is 5. The van der Waals surface area contributed by atoms with E-state index in [1.807, 2.05) is 134 Å². The van der Waals surface area contributed by atoms with E-state index < -0.39 is 30.4 Å². The smallest absolute Gasteiger partial charge is 0.338 e. The van der Waals surface area contributed by atoms with E-state index in [0.29, 0.717) is 65.9 Å². The topological polar surface area (TPSA) is 252 Å². The molecule has 0 N–H and O–H groups in total. The molecule has 13 aromatic carbocycles. The van der Waals surface area contributed by atoms with Crippen LogP contribution in [-0.2, 0) is 81.4 Å². The minimum absolute atomic E-state index is 0.190. The van der Waals surface area contributed by atoms with E-state index in [4.69, 9.17) is 23.7 Å². The van der Waals surface area contributed by atoms with Gasteiger partial charge in [-0.2, -0.15) is 0 Å². The highest BCUT2D eigenvalue weighted by atomic mass is 32.2. The van der Waals surface area contributed by atoms with Crippen molar-refractivity contribution in [2.24, 2.45) is 0 Å². The van der Waals surface area contributed by atoms with Crippen LogP contribution in [0.15, 0.2) is 390 Å². The summed E-state index contributed by atoms with van der Waals surface area (Å²) in [4.78, 5) is 32.2. The van der Waals surface area contributed by atoms with Crippen LogP contribution in [0.5, 0.6) is 17.2 Å². The van der Waals surface area contributed by atoms with E-state index in [-0.39, 0.29) is 60.1 Å². The van der Waals surface area contributed by atoms with Gasteiger partial charge in [0, 0.05) is 0 Å². The van der Waals surface area contributed by atoms with Gasteiger partial charge in [0.1, 0.15) is 79.1 Å². The summed E-state index contributed by atoms with van der Waals surface area (Å²) < 4.78 is 126. The Morgan fingerprint density at radius 1 is 0.317 bits per heavy atom. The first kappa shape index (κ1) is 96.8. The fourth-order valence-electron chi connectivity index (χ4n) is 13.6. The zero-order valence-corrected chi connectivity index (χ0v) is 76.4. The largest absolute Gasteiger partial charge is 0.744 e. The summed E-state index contributed by atoms with van der Waals surface area (Å²) >= 11 is 0. The Balaban J connectivity index is 0.000000166. The molecule has 21 heteroatoms. The van der Waals surface area contributed by atoms with E-state index in [1.54, 1.807) is 0 Å². The zero-order chi connectivity index (χ0) is 90.1. The summed E-state index contributed by atoms with van der Waals surface area (Å²) in [5.41, 5.74) is 8.92. The second-order valence-electron chi connectivity index (χ2n) is 30.7. The molecule has 0 aromatic heterocycles. The molecule has 0 amide bonds. The van der Waals surface area contributed by atoms with Crippen molar-refractivity contribution >= 4 is 64.1 Å². The molecule has 1 aliphatic carbocycles. The SMILES string of the molecule is CC(OC(=O)c1ccc([S+](c2ccccc2)c2ccccc2)cc1)c1ccccc1.CCC(C)c1ccc(COc2ccc(S(=O)(=O)[O-])cc2)cc1.CCC(C)c1ccc(COc2ccc(S(=O)(=O)[O-])cc2)cc1.CCC(C)c1ccc(COc2ccc(S(=O)(=O)[O-])cc2)cc1.CCC1(OC(=O)c2ccc([S+](c3ccccc3)c3ccccc3)cc2)CCCCC1. The lowest BCUT2D eigenvalue weighted by Gasteiger charge is -2.36. The van der Waals surface area contributed by atoms with Crippen LogP contribution in [0.2, 0.25) is 0 Å². The molecule has 4 unspecified atom stereocenters. The van der Waals surface area contributed by atoms with Crippen LogP contribution >= 0.6 is 0 Å². The number of hydrogen-bond donors (Lipinski definition) is 0. The monoisotopic (exact) mass is 1790 g/mol. The van der Waals surface area contributed by atoms with Gasteiger partial charge in [-0.05, 0) is 285 Å². The van der Waals surface area contributed by atoms with Gasteiger partial charge in [-0.3, -0.25) is 0 Å². The molecule has 0 saturated heterocycles. The molecule has 0 bridgehead atoms. The molecule has 0 spiro atoms. The van der Waals surface area contributed by atoms with Gasteiger partial charge in [0.05, 0.1) is 47.6 Å². The maximum absolute atomic E-state index is 12.9. The number of carbonyl (C=O) groups is 2. The van der Waals surface area contributed by atoms with E-state index in [2.05, 4.69) is 194 Å². The Morgan fingerprint density at radius 2 is 0.579 bits per heavy atom. The van der Waals surface area contributed by atoms with Crippen molar-refractivity contribution in [1.29, 1.82) is 0 Å². The standard InChI is InChI=1S/C27H23O2S.C27H29O2S.3C17H20O4S/c1-21(22-11-5-2-6-12-22)29-27(28)23-17-19-26(20-18-23)30(24-13-7-3-8-14-24)25-15-9-4-10-16-25;1-2-27(20-10-5-11-21-27)29-26(28)22-16-18-25(19-17-22)30(23-12-6-3-7-13-23)24-14-8-4-9-15-24;3*1-3-13(2)15-6-4-14(5-7-15)12-21-16-8-10-17(11-9-16)22(18,19)20/h2-21H,1H3;3-4,6-9,12-19H,2,5,10-11,20-21H2,1H3;3*4-11,13H,3,12H2,1-2H3,(H,18,19,20)/q2*+1;;;/p-3. The van der Waals surface area contributed by atoms with E-state index in [1.165, 1.54) is 125 Å². The second-order valence-corrected chi connectivity index (χ2v) is 38.8. The predicted octanol–water partition coefficient (Wildman–Crippen LogP) is 24.8. The summed E-state index contributed by atoms with van der Waals surface area (Å²) in [5, 5.41) is 0. The highest BCUT2D eigenvalue weighted by Crippen LogP contribution is 2.38. The molecule has 14 rings (SSSR count). The molecule has 4 atom stereocenters. The lowest BCUT2D eigenvalue weighted by atomic mass is 9.82. The predicted molar refractivity (Wildman–Crippen MR) is 496 cm³/mol. The molecule has 1 saturated carbocycles. The normalized spacial score (nSPS) is 13.3. The molecule has 0 heterocycles. The first-order chi connectivity index (χ1) is 60.6. The van der Waals surface area contributed by atoms with Gasteiger partial charge >= 0.3 is 11.9 Å². The number of rotatable bonds is 30. The molecular formula is C105H109O16S5-. The minimum atomic E-state index is -4.41.